The van der Waals surface area contributed by atoms with Crippen molar-refractivity contribution in [3.63, 3.8) is 0 Å². The second-order valence-corrected chi connectivity index (χ2v) is 7.40. The summed E-state index contributed by atoms with van der Waals surface area (Å²) in [5.41, 5.74) is 15.4. The van der Waals surface area contributed by atoms with Crippen molar-refractivity contribution in [1.82, 2.24) is 10.4 Å². The molecule has 0 bridgehead atoms. The van der Waals surface area contributed by atoms with Gasteiger partial charge in [0.25, 0.3) is 5.91 Å². The van der Waals surface area contributed by atoms with Gasteiger partial charge in [-0.2, -0.15) is 0 Å². The van der Waals surface area contributed by atoms with Crippen molar-refractivity contribution in [2.75, 3.05) is 19.3 Å². The Kier molecular flexibility index (Phi) is 5.60. The maximum Gasteiger partial charge on any atom is 0.276 e. The third-order valence-corrected chi connectivity index (χ3v) is 5.34. The van der Waals surface area contributed by atoms with E-state index >= 15 is 0 Å². The van der Waals surface area contributed by atoms with Crippen molar-refractivity contribution in [2.24, 2.45) is 0 Å². The highest BCUT2D eigenvalue weighted by molar-refractivity contribution is 6.01. The van der Waals surface area contributed by atoms with Gasteiger partial charge >= 0.3 is 0 Å². The van der Waals surface area contributed by atoms with Gasteiger partial charge in [-0.25, -0.2) is 5.48 Å². The Morgan fingerprint density at radius 1 is 1.07 bits per heavy atom. The molecule has 5 nitrogen and oxygen atoms in total. The number of benzene rings is 3. The van der Waals surface area contributed by atoms with Crippen LogP contribution in [0.1, 0.15) is 27.0 Å². The number of hydroxylamine groups is 1. The normalized spacial score (nSPS) is 13.7. The van der Waals surface area contributed by atoms with Gasteiger partial charge in [-0.15, -0.1) is 0 Å². The maximum atomic E-state index is 12.9. The number of hydrogen-bond donors (Lipinski definition) is 2. The van der Waals surface area contributed by atoms with Gasteiger partial charge < -0.3 is 10.6 Å². The number of nitrogens with two attached hydrogens (primary N) is 1. The number of nitrogen functional groups attached to an aromatic ring is 1. The van der Waals surface area contributed by atoms with Crippen molar-refractivity contribution < 1.29 is 9.63 Å². The zero-order valence-corrected chi connectivity index (χ0v) is 16.5. The minimum absolute atomic E-state index is 0.297. The molecule has 5 heteroatoms. The predicted octanol–water partition coefficient (Wildman–Crippen LogP) is 3.79. The Morgan fingerprint density at radius 3 is 2.48 bits per heavy atom. The Morgan fingerprint density at radius 2 is 1.76 bits per heavy atom. The lowest BCUT2D eigenvalue weighted by molar-refractivity contribution is 0.0234. The summed E-state index contributed by atoms with van der Waals surface area (Å²) in [6.07, 6.45) is 0.909. The number of fused-ring (bicyclic) bond motifs is 1. The maximum absolute atomic E-state index is 12.9. The molecule has 4 rings (SSSR count). The van der Waals surface area contributed by atoms with Gasteiger partial charge in [0.15, 0.2) is 0 Å². The highest BCUT2D eigenvalue weighted by Gasteiger charge is 2.24. The first-order valence-corrected chi connectivity index (χ1v) is 9.77. The number of anilines is 1. The number of nitrogens with zero attached hydrogens (tertiary/aromatic N) is 1. The highest BCUT2D eigenvalue weighted by Crippen LogP contribution is 2.36. The van der Waals surface area contributed by atoms with Crippen molar-refractivity contribution in [3.8, 4) is 11.1 Å². The molecule has 3 N–H and O–H groups in total. The van der Waals surface area contributed by atoms with Crippen molar-refractivity contribution in [1.29, 1.82) is 0 Å². The number of rotatable bonds is 5. The first kappa shape index (κ1) is 19.2. The number of nitrogens with one attached hydrogen (secondary N) is 1. The fraction of sp³-hybridized carbons (Fsp3) is 0.208. The largest absolute Gasteiger partial charge is 0.398 e. The number of amides is 1. The van der Waals surface area contributed by atoms with Crippen LogP contribution in [0.4, 0.5) is 5.69 Å². The summed E-state index contributed by atoms with van der Waals surface area (Å²) < 4.78 is 0. The molecule has 0 unspecified atom stereocenters. The molecule has 0 aromatic heterocycles. The molecule has 3 aromatic carbocycles. The van der Waals surface area contributed by atoms with E-state index in [4.69, 9.17) is 10.6 Å². The van der Waals surface area contributed by atoms with Gasteiger partial charge in [0.2, 0.25) is 0 Å². The second-order valence-electron chi connectivity index (χ2n) is 7.40. The Bertz CT molecular complexity index is 1000. The summed E-state index contributed by atoms with van der Waals surface area (Å²) >= 11 is 0. The van der Waals surface area contributed by atoms with Crippen molar-refractivity contribution in [2.45, 2.75) is 19.6 Å². The minimum atomic E-state index is -0.327. The molecule has 1 aliphatic heterocycles. The van der Waals surface area contributed by atoms with Crippen LogP contribution >= 0.6 is 0 Å². The third kappa shape index (κ3) is 4.16. The van der Waals surface area contributed by atoms with E-state index < -0.39 is 0 Å². The van der Waals surface area contributed by atoms with E-state index in [1.54, 1.807) is 0 Å². The molecule has 148 valence electrons. The molecule has 3 aromatic rings. The number of hydrogen-bond acceptors (Lipinski definition) is 4. The number of likely N-dealkylation sites (N-methyl/N-ethyl adjacent to an activating group) is 1. The van der Waals surface area contributed by atoms with Crippen LogP contribution in [0, 0.1) is 0 Å². The summed E-state index contributed by atoms with van der Waals surface area (Å²) in [4.78, 5) is 20.5. The first-order chi connectivity index (χ1) is 14.1. The molecule has 0 saturated heterocycles. The molecular weight excluding hydrogens is 362 g/mol. The zero-order valence-electron chi connectivity index (χ0n) is 16.5. The van der Waals surface area contributed by atoms with Crippen LogP contribution < -0.4 is 11.2 Å². The molecule has 1 aliphatic rings. The average Bonchev–Trinajstić information content (AvgIpc) is 2.75. The molecule has 0 radical (unpaired) electrons. The quantitative estimate of drug-likeness (QED) is 0.516. The first-order valence-electron chi connectivity index (χ1n) is 9.77. The summed E-state index contributed by atoms with van der Waals surface area (Å²) in [5.74, 6) is -0.327. The molecule has 0 spiro atoms. The van der Waals surface area contributed by atoms with E-state index in [1.807, 2.05) is 54.6 Å². The molecule has 0 aliphatic carbocycles. The molecule has 1 heterocycles. The van der Waals surface area contributed by atoms with E-state index in [9.17, 15) is 4.79 Å². The molecule has 1 amide bonds. The second kappa shape index (κ2) is 8.47. The molecule has 0 saturated carbocycles. The number of carbonyl (C=O) groups excluding carboxylic acids is 1. The lowest BCUT2D eigenvalue weighted by Gasteiger charge is -2.29. The van der Waals surface area contributed by atoms with Gasteiger partial charge in [0, 0.05) is 18.8 Å². The van der Waals surface area contributed by atoms with Crippen molar-refractivity contribution in [3.05, 3.63) is 89.0 Å². The average molecular weight is 387 g/mol. The zero-order chi connectivity index (χ0) is 20.2. The Hall–Kier alpha value is -3.15. The summed E-state index contributed by atoms with van der Waals surface area (Å²) in [6, 6.07) is 21.8. The summed E-state index contributed by atoms with van der Waals surface area (Å²) in [5, 5.41) is 0. The standard InChI is InChI=1S/C24H25N3O2/c1-27-13-12-19-20(18-10-6-3-7-11-18)14-21(23(25)22(19)15-27)24(28)26-29-16-17-8-4-2-5-9-17/h2-11,14H,12-13,15-16,25H2,1H3,(H,26,28). The fourth-order valence-electron chi connectivity index (χ4n) is 3.79. The summed E-state index contributed by atoms with van der Waals surface area (Å²) in [7, 11) is 2.07. The van der Waals surface area contributed by atoms with Crippen LogP contribution in [-0.4, -0.2) is 24.4 Å². The lowest BCUT2D eigenvalue weighted by atomic mass is 9.87. The van der Waals surface area contributed by atoms with Crippen LogP contribution in [0.5, 0.6) is 0 Å². The Balaban J connectivity index is 1.64. The molecule has 0 fully saturated rings. The summed E-state index contributed by atoms with van der Waals surface area (Å²) in [6.45, 7) is 2.00. The van der Waals surface area contributed by atoms with E-state index in [-0.39, 0.29) is 5.91 Å². The predicted molar refractivity (Wildman–Crippen MR) is 115 cm³/mol. The van der Waals surface area contributed by atoms with Crippen LogP contribution in [0.15, 0.2) is 66.7 Å². The van der Waals surface area contributed by atoms with E-state index in [1.165, 1.54) is 5.56 Å². The SMILES string of the molecule is CN1CCc2c(-c3ccccc3)cc(C(=O)NOCc3ccccc3)c(N)c2C1. The van der Waals surface area contributed by atoms with Crippen LogP contribution in [0.3, 0.4) is 0 Å². The van der Waals surface area contributed by atoms with Gasteiger partial charge in [0.1, 0.15) is 0 Å². The van der Waals surface area contributed by atoms with Gasteiger partial charge in [-0.05, 0) is 47.4 Å². The topological polar surface area (TPSA) is 67.6 Å². The van der Waals surface area contributed by atoms with E-state index in [0.29, 0.717) is 17.9 Å². The fourth-order valence-corrected chi connectivity index (χ4v) is 3.79. The van der Waals surface area contributed by atoms with Gasteiger partial charge in [-0.1, -0.05) is 60.7 Å². The number of carbonyl (C=O) groups is 1. The highest BCUT2D eigenvalue weighted by atomic mass is 16.6. The third-order valence-electron chi connectivity index (χ3n) is 5.34. The van der Waals surface area contributed by atoms with Crippen LogP contribution in [0.25, 0.3) is 11.1 Å². The van der Waals surface area contributed by atoms with Crippen LogP contribution in [-0.2, 0) is 24.4 Å². The van der Waals surface area contributed by atoms with Crippen LogP contribution in [0.2, 0.25) is 0 Å². The smallest absolute Gasteiger partial charge is 0.276 e. The van der Waals surface area contributed by atoms with Gasteiger partial charge in [0.05, 0.1) is 12.2 Å². The molecule has 0 atom stereocenters. The molecular formula is C24H25N3O2. The van der Waals surface area contributed by atoms with Crippen molar-refractivity contribution >= 4 is 11.6 Å². The van der Waals surface area contributed by atoms with E-state index in [0.717, 1.165) is 41.8 Å². The monoisotopic (exact) mass is 387 g/mol. The molecule has 29 heavy (non-hydrogen) atoms. The van der Waals surface area contributed by atoms with Gasteiger partial charge in [-0.3, -0.25) is 9.63 Å². The lowest BCUT2D eigenvalue weighted by Crippen LogP contribution is -2.30. The van der Waals surface area contributed by atoms with E-state index in [2.05, 4.69) is 29.6 Å². The minimum Gasteiger partial charge on any atom is -0.398 e. The Labute approximate surface area is 171 Å².